The number of fused-ring (bicyclic) bond motifs is 3. The van der Waals surface area contributed by atoms with Crippen molar-refractivity contribution in [3.05, 3.63) is 89.6 Å². The summed E-state index contributed by atoms with van der Waals surface area (Å²) in [7, 11) is 1.53. The number of quaternary nitrogens is 1. The highest BCUT2D eigenvalue weighted by molar-refractivity contribution is 5.97. The average molecular weight is 594 g/mol. The van der Waals surface area contributed by atoms with Gasteiger partial charge in [-0.1, -0.05) is 36.4 Å². The number of ether oxygens (including phenoxy) is 3. The minimum Gasteiger partial charge on any atom is -1.00 e. The van der Waals surface area contributed by atoms with Crippen LogP contribution in [0.3, 0.4) is 0 Å². The molecule has 0 saturated carbocycles. The van der Waals surface area contributed by atoms with E-state index in [1.807, 2.05) is 30.3 Å². The summed E-state index contributed by atoms with van der Waals surface area (Å²) in [5.41, 5.74) is 2.26. The minimum atomic E-state index is -0.874. The molecular formula is C32H36ClN3O6. The number of esters is 2. The molecule has 4 heterocycles. The quantitative estimate of drug-likeness (QED) is 0.203. The Bertz CT molecular complexity index is 1380. The Hall–Kier alpha value is -3.95. The van der Waals surface area contributed by atoms with Crippen LogP contribution in [0.25, 0.3) is 0 Å². The van der Waals surface area contributed by atoms with E-state index in [2.05, 4.69) is 10.3 Å². The number of anilines is 1. The van der Waals surface area contributed by atoms with E-state index in [1.165, 1.54) is 7.11 Å². The number of hydrogen-bond donors (Lipinski definition) is 1. The predicted octanol–water partition coefficient (Wildman–Crippen LogP) is 1.46. The fraction of sp³-hybridized carbons (Fsp3) is 0.375. The molecule has 2 bridgehead atoms. The summed E-state index contributed by atoms with van der Waals surface area (Å²) in [5.74, 6) is -0.0801. The molecule has 0 radical (unpaired) electrons. The van der Waals surface area contributed by atoms with Crippen molar-refractivity contribution < 1.29 is 45.5 Å². The minimum absolute atomic E-state index is 0. The molecule has 3 aliphatic rings. The van der Waals surface area contributed by atoms with Gasteiger partial charge < -0.3 is 36.4 Å². The molecule has 2 aromatic carbocycles. The van der Waals surface area contributed by atoms with Crippen molar-refractivity contribution in [2.45, 2.75) is 31.9 Å². The highest BCUT2D eigenvalue weighted by Gasteiger charge is 2.49. The van der Waals surface area contributed by atoms with Gasteiger partial charge in [-0.2, -0.15) is 0 Å². The third kappa shape index (κ3) is 7.09. The largest absolute Gasteiger partial charge is 1.00 e. The van der Waals surface area contributed by atoms with Crippen LogP contribution in [-0.2, 0) is 14.3 Å². The molecule has 1 N–H and O–H groups in total. The van der Waals surface area contributed by atoms with Gasteiger partial charge in [-0.3, -0.25) is 4.79 Å². The van der Waals surface area contributed by atoms with Gasteiger partial charge in [0.1, 0.15) is 13.1 Å². The molecule has 3 aromatic rings. The molecule has 6 rings (SSSR count). The third-order valence-electron chi connectivity index (χ3n) is 8.11. The van der Waals surface area contributed by atoms with Gasteiger partial charge in [-0.05, 0) is 31.2 Å². The summed E-state index contributed by atoms with van der Waals surface area (Å²) in [5, 5.41) is 3.24. The normalized spacial score (nSPS) is 21.4. The second-order valence-electron chi connectivity index (χ2n) is 10.7. The molecule has 3 fully saturated rings. The summed E-state index contributed by atoms with van der Waals surface area (Å²) in [6, 6.07) is 18.8. The van der Waals surface area contributed by atoms with Crippen molar-refractivity contribution in [2.24, 2.45) is 5.92 Å². The number of aromatic nitrogens is 1. The van der Waals surface area contributed by atoms with E-state index in [0.29, 0.717) is 45.8 Å². The maximum atomic E-state index is 13.8. The number of piperidine rings is 3. The number of pyridine rings is 1. The van der Waals surface area contributed by atoms with Gasteiger partial charge in [0.05, 0.1) is 32.4 Å². The number of hydrogen-bond acceptors (Lipinski definition) is 8. The maximum Gasteiger partial charge on any atom is 0.338 e. The van der Waals surface area contributed by atoms with Gasteiger partial charge in [0, 0.05) is 47.8 Å². The standard InChI is InChI=1S/C32H36N3O6.ClH/c1-3-40-31(37)24-10-7-11-26(18-24)34-30(25-12-13-29(39-2)33-19-25)32(38)41-28-21-35(16-14-23(28)15-17-35)20-27(36)22-8-5-4-6-9-22;/h4-13,18-19,23,28,30,34H,3,14-17,20-21H2,1-2H3;1H/q+1;/p-1/t23?,28-,30?,35?;/m0./s1. The molecule has 3 aliphatic heterocycles. The van der Waals surface area contributed by atoms with Crippen LogP contribution in [-0.4, -0.2) is 73.2 Å². The molecular weight excluding hydrogens is 558 g/mol. The number of halogens is 1. The Morgan fingerprint density at radius 2 is 1.74 bits per heavy atom. The van der Waals surface area contributed by atoms with Gasteiger partial charge in [0.2, 0.25) is 11.7 Å². The first-order valence-electron chi connectivity index (χ1n) is 14.1. The van der Waals surface area contributed by atoms with Crippen LogP contribution >= 0.6 is 0 Å². The summed E-state index contributed by atoms with van der Waals surface area (Å²) in [6.07, 6.45) is 3.10. The first-order valence-corrected chi connectivity index (χ1v) is 14.1. The van der Waals surface area contributed by atoms with Crippen LogP contribution < -0.4 is 22.5 Å². The second-order valence-corrected chi connectivity index (χ2v) is 10.7. The Kier molecular flexibility index (Phi) is 10.2. The molecule has 0 aliphatic carbocycles. The lowest BCUT2D eigenvalue weighted by Gasteiger charge is -2.51. The lowest BCUT2D eigenvalue weighted by molar-refractivity contribution is -0.938. The van der Waals surface area contributed by atoms with Gasteiger partial charge in [-0.15, -0.1) is 0 Å². The van der Waals surface area contributed by atoms with Crippen molar-refractivity contribution >= 4 is 23.4 Å². The van der Waals surface area contributed by atoms with E-state index in [-0.39, 0.29) is 36.8 Å². The number of methoxy groups -OCH3 is 1. The Balaban J connectivity index is 0.00000405. The maximum absolute atomic E-state index is 13.8. The van der Waals surface area contributed by atoms with Crippen molar-refractivity contribution in [3.63, 3.8) is 0 Å². The van der Waals surface area contributed by atoms with Crippen LogP contribution in [0.2, 0.25) is 0 Å². The van der Waals surface area contributed by atoms with Crippen molar-refractivity contribution in [1.29, 1.82) is 0 Å². The number of benzene rings is 2. The first-order chi connectivity index (χ1) is 19.9. The zero-order chi connectivity index (χ0) is 28.8. The molecule has 1 unspecified atom stereocenters. The van der Waals surface area contributed by atoms with E-state index < -0.39 is 18.0 Å². The highest BCUT2D eigenvalue weighted by Crippen LogP contribution is 2.37. The van der Waals surface area contributed by atoms with Crippen LogP contribution in [0.4, 0.5) is 5.69 Å². The number of nitrogens with one attached hydrogen (secondary N) is 1. The molecule has 3 saturated heterocycles. The lowest BCUT2D eigenvalue weighted by Crippen LogP contribution is -3.00. The summed E-state index contributed by atoms with van der Waals surface area (Å²) < 4.78 is 17.2. The Morgan fingerprint density at radius 1 is 1.00 bits per heavy atom. The van der Waals surface area contributed by atoms with E-state index in [1.54, 1.807) is 49.5 Å². The van der Waals surface area contributed by atoms with Crippen molar-refractivity contribution in [1.82, 2.24) is 4.98 Å². The Labute approximate surface area is 252 Å². The number of carbonyl (C=O) groups excluding carboxylic acids is 3. The average Bonchev–Trinajstić information content (AvgIpc) is 3.01. The third-order valence-corrected chi connectivity index (χ3v) is 8.11. The molecule has 1 aromatic heterocycles. The van der Waals surface area contributed by atoms with E-state index >= 15 is 0 Å². The van der Waals surface area contributed by atoms with Gasteiger partial charge in [-0.25, -0.2) is 14.6 Å². The molecule has 0 spiro atoms. The van der Waals surface area contributed by atoms with Gasteiger partial charge in [0.15, 0.2) is 12.1 Å². The molecule has 9 nitrogen and oxygen atoms in total. The monoisotopic (exact) mass is 593 g/mol. The van der Waals surface area contributed by atoms with Crippen LogP contribution in [0.15, 0.2) is 72.9 Å². The number of ketones is 1. The predicted molar refractivity (Wildman–Crippen MR) is 153 cm³/mol. The molecule has 10 heteroatoms. The fourth-order valence-electron chi connectivity index (χ4n) is 5.89. The zero-order valence-electron chi connectivity index (χ0n) is 23.8. The van der Waals surface area contributed by atoms with Crippen molar-refractivity contribution in [3.8, 4) is 5.88 Å². The number of carbonyl (C=O) groups is 3. The van der Waals surface area contributed by atoms with Gasteiger partial charge >= 0.3 is 11.9 Å². The van der Waals surface area contributed by atoms with Gasteiger partial charge in [0.25, 0.3) is 0 Å². The smallest absolute Gasteiger partial charge is 0.338 e. The SMILES string of the molecule is CCOC(=O)c1cccc(NC(C(=O)O[C@H]2C[N+]3(CC(=O)c4ccccc4)CCC2CC3)c2ccc(OC)nc2)c1.[Cl-]. The second kappa shape index (κ2) is 13.8. The lowest BCUT2D eigenvalue weighted by atomic mass is 9.82. The molecule has 0 amide bonds. The number of nitrogens with zero attached hydrogens (tertiary/aromatic N) is 2. The number of rotatable bonds is 11. The summed E-state index contributed by atoms with van der Waals surface area (Å²) in [6.45, 7) is 4.84. The molecule has 42 heavy (non-hydrogen) atoms. The highest BCUT2D eigenvalue weighted by atomic mass is 35.5. The van der Waals surface area contributed by atoms with Crippen LogP contribution in [0.1, 0.15) is 52.1 Å². The van der Waals surface area contributed by atoms with E-state index in [9.17, 15) is 14.4 Å². The zero-order valence-corrected chi connectivity index (χ0v) is 24.6. The van der Waals surface area contributed by atoms with Crippen LogP contribution in [0, 0.1) is 5.92 Å². The summed E-state index contributed by atoms with van der Waals surface area (Å²) >= 11 is 0. The fourth-order valence-corrected chi connectivity index (χ4v) is 5.89. The van der Waals surface area contributed by atoms with Crippen LogP contribution in [0.5, 0.6) is 5.88 Å². The Morgan fingerprint density at radius 3 is 2.40 bits per heavy atom. The molecule has 222 valence electrons. The number of Topliss-reactive ketones (excluding diaryl/α,β-unsaturated/α-hetero) is 1. The van der Waals surface area contributed by atoms with E-state index in [4.69, 9.17) is 14.2 Å². The molecule has 2 atom stereocenters. The summed E-state index contributed by atoms with van der Waals surface area (Å²) in [4.78, 5) is 43.5. The topological polar surface area (TPSA) is 104 Å². The van der Waals surface area contributed by atoms with Crippen molar-refractivity contribution in [2.75, 3.05) is 45.2 Å². The van der Waals surface area contributed by atoms with E-state index in [0.717, 1.165) is 25.9 Å². The first kappa shape index (κ1) is 31.0.